The summed E-state index contributed by atoms with van der Waals surface area (Å²) >= 11 is 2.29. The van der Waals surface area contributed by atoms with Gasteiger partial charge < -0.3 is 9.88 Å². The minimum Gasteiger partial charge on any atom is -0.378 e. The highest BCUT2D eigenvalue weighted by Crippen LogP contribution is 2.12. The Morgan fingerprint density at radius 2 is 1.94 bits per heavy atom. The van der Waals surface area contributed by atoms with Crippen molar-refractivity contribution >= 4 is 28.3 Å². The van der Waals surface area contributed by atoms with E-state index in [1.54, 1.807) is 0 Å². The average molecular weight is 328 g/mol. The van der Waals surface area contributed by atoms with Crippen molar-refractivity contribution in [3.8, 4) is 0 Å². The Morgan fingerprint density at radius 1 is 1.25 bits per heavy atom. The van der Waals surface area contributed by atoms with Crippen molar-refractivity contribution in [2.45, 2.75) is 13.5 Å². The number of nitrogens with zero attached hydrogens (tertiary/aromatic N) is 3. The number of hydrogen-bond acceptors (Lipinski definition) is 3. The van der Waals surface area contributed by atoms with Gasteiger partial charge in [-0.05, 0) is 53.8 Å². The summed E-state index contributed by atoms with van der Waals surface area (Å²) in [6, 6.07) is 8.27. The van der Waals surface area contributed by atoms with Gasteiger partial charge in [-0.2, -0.15) is 0 Å². The molecular weight excluding hydrogens is 315 g/mol. The van der Waals surface area contributed by atoms with Crippen LogP contribution in [0.5, 0.6) is 0 Å². The van der Waals surface area contributed by atoms with Gasteiger partial charge in [0.2, 0.25) is 0 Å². The van der Waals surface area contributed by atoms with Crippen molar-refractivity contribution in [2.24, 2.45) is 7.05 Å². The second-order valence-corrected chi connectivity index (χ2v) is 4.83. The van der Waals surface area contributed by atoms with Gasteiger partial charge in [-0.3, -0.25) is 0 Å². The highest BCUT2D eigenvalue weighted by atomic mass is 127. The van der Waals surface area contributed by atoms with E-state index in [0.29, 0.717) is 6.54 Å². The third kappa shape index (κ3) is 2.52. The fraction of sp³-hybridized carbons (Fsp3) is 0.273. The molecule has 1 aromatic carbocycles. The molecule has 16 heavy (non-hydrogen) atoms. The zero-order valence-electron chi connectivity index (χ0n) is 9.24. The summed E-state index contributed by atoms with van der Waals surface area (Å²) in [7, 11) is 1.97. The lowest BCUT2D eigenvalue weighted by molar-refractivity contribution is 0.789. The van der Waals surface area contributed by atoms with E-state index in [0.717, 1.165) is 17.3 Å². The number of aromatic nitrogens is 3. The molecule has 1 aromatic heterocycles. The Bertz CT molecular complexity index is 475. The second kappa shape index (κ2) is 4.82. The first-order chi connectivity index (χ1) is 7.66. The average Bonchev–Trinajstić information content (AvgIpc) is 2.60. The number of aryl methyl sites for hydroxylation is 1. The van der Waals surface area contributed by atoms with E-state index in [1.165, 1.54) is 3.57 Å². The zero-order valence-corrected chi connectivity index (χ0v) is 11.4. The lowest BCUT2D eigenvalue weighted by atomic mass is 10.3. The fourth-order valence-corrected chi connectivity index (χ4v) is 1.71. The van der Waals surface area contributed by atoms with Gasteiger partial charge in [0.25, 0.3) is 0 Å². The molecule has 0 aliphatic carbocycles. The van der Waals surface area contributed by atoms with Crippen LogP contribution in [-0.4, -0.2) is 14.8 Å². The summed E-state index contributed by atoms with van der Waals surface area (Å²) in [5, 5.41) is 11.4. The maximum absolute atomic E-state index is 4.10. The Labute approximate surface area is 108 Å². The molecule has 2 aromatic rings. The molecule has 1 heterocycles. The number of halogens is 1. The van der Waals surface area contributed by atoms with Gasteiger partial charge in [0.1, 0.15) is 5.82 Å². The van der Waals surface area contributed by atoms with Crippen LogP contribution in [0, 0.1) is 10.5 Å². The topological polar surface area (TPSA) is 42.7 Å². The van der Waals surface area contributed by atoms with Gasteiger partial charge in [0, 0.05) is 16.3 Å². The summed E-state index contributed by atoms with van der Waals surface area (Å²) in [6.07, 6.45) is 0. The van der Waals surface area contributed by atoms with E-state index in [1.807, 2.05) is 18.5 Å². The summed E-state index contributed by atoms with van der Waals surface area (Å²) in [5.74, 6) is 1.87. The van der Waals surface area contributed by atoms with Crippen molar-refractivity contribution in [3.05, 3.63) is 39.5 Å². The molecule has 2 rings (SSSR count). The number of anilines is 1. The predicted octanol–water partition coefficient (Wildman–Crippen LogP) is 2.34. The molecule has 0 saturated heterocycles. The molecule has 0 bridgehead atoms. The highest BCUT2D eigenvalue weighted by Gasteiger charge is 2.03. The van der Waals surface area contributed by atoms with Gasteiger partial charge in [-0.25, -0.2) is 0 Å². The SMILES string of the molecule is Cc1nnc(CNc2ccc(I)cc2)n1C. The molecule has 4 nitrogen and oxygen atoms in total. The van der Waals surface area contributed by atoms with Crippen LogP contribution in [0.15, 0.2) is 24.3 Å². The van der Waals surface area contributed by atoms with Crippen LogP contribution in [0.2, 0.25) is 0 Å². The van der Waals surface area contributed by atoms with E-state index in [2.05, 4.69) is 62.4 Å². The first kappa shape index (κ1) is 11.4. The van der Waals surface area contributed by atoms with Crippen LogP contribution in [-0.2, 0) is 13.6 Å². The summed E-state index contributed by atoms with van der Waals surface area (Å²) < 4.78 is 3.22. The third-order valence-electron chi connectivity index (χ3n) is 2.48. The quantitative estimate of drug-likeness (QED) is 0.880. The van der Waals surface area contributed by atoms with Crippen LogP contribution < -0.4 is 5.32 Å². The molecule has 0 aliphatic heterocycles. The lowest BCUT2D eigenvalue weighted by Crippen LogP contribution is -2.06. The van der Waals surface area contributed by atoms with E-state index < -0.39 is 0 Å². The molecule has 0 saturated carbocycles. The monoisotopic (exact) mass is 328 g/mol. The lowest BCUT2D eigenvalue weighted by Gasteiger charge is -2.06. The molecule has 0 atom stereocenters. The largest absolute Gasteiger partial charge is 0.378 e. The zero-order chi connectivity index (χ0) is 11.5. The van der Waals surface area contributed by atoms with Crippen molar-refractivity contribution < 1.29 is 0 Å². The third-order valence-corrected chi connectivity index (χ3v) is 3.20. The molecule has 0 spiro atoms. The van der Waals surface area contributed by atoms with Crippen molar-refractivity contribution in [1.29, 1.82) is 0 Å². The molecular formula is C11H13IN4. The Hall–Kier alpha value is -1.11. The smallest absolute Gasteiger partial charge is 0.152 e. The van der Waals surface area contributed by atoms with Gasteiger partial charge in [-0.15, -0.1) is 10.2 Å². The molecule has 0 unspecified atom stereocenters. The number of hydrogen-bond donors (Lipinski definition) is 1. The first-order valence-electron chi connectivity index (χ1n) is 5.01. The standard InChI is InChI=1S/C11H13IN4/c1-8-14-15-11(16(8)2)7-13-10-5-3-9(12)4-6-10/h3-6,13H,7H2,1-2H3. The Morgan fingerprint density at radius 3 is 2.50 bits per heavy atom. The van der Waals surface area contributed by atoms with Gasteiger partial charge in [0.15, 0.2) is 5.82 Å². The molecule has 0 amide bonds. The van der Waals surface area contributed by atoms with Crippen LogP contribution in [0.4, 0.5) is 5.69 Å². The molecule has 0 aliphatic rings. The van der Waals surface area contributed by atoms with Crippen LogP contribution >= 0.6 is 22.6 Å². The molecule has 5 heteroatoms. The van der Waals surface area contributed by atoms with Crippen molar-refractivity contribution in [3.63, 3.8) is 0 Å². The van der Waals surface area contributed by atoms with E-state index in [-0.39, 0.29) is 0 Å². The van der Waals surface area contributed by atoms with E-state index >= 15 is 0 Å². The van der Waals surface area contributed by atoms with Gasteiger partial charge in [-0.1, -0.05) is 0 Å². The summed E-state index contributed by atoms with van der Waals surface area (Å²) in [4.78, 5) is 0. The van der Waals surface area contributed by atoms with Crippen LogP contribution in [0.1, 0.15) is 11.6 Å². The normalized spacial score (nSPS) is 10.4. The maximum atomic E-state index is 4.10. The predicted molar refractivity (Wildman–Crippen MR) is 72.2 cm³/mol. The Kier molecular flexibility index (Phi) is 3.42. The minimum atomic E-state index is 0.692. The molecule has 84 valence electrons. The van der Waals surface area contributed by atoms with E-state index in [9.17, 15) is 0 Å². The molecule has 0 radical (unpaired) electrons. The van der Waals surface area contributed by atoms with Gasteiger partial charge >= 0.3 is 0 Å². The van der Waals surface area contributed by atoms with Crippen LogP contribution in [0.3, 0.4) is 0 Å². The van der Waals surface area contributed by atoms with Gasteiger partial charge in [0.05, 0.1) is 6.54 Å². The van der Waals surface area contributed by atoms with Crippen LogP contribution in [0.25, 0.3) is 0 Å². The molecule has 0 fully saturated rings. The first-order valence-corrected chi connectivity index (χ1v) is 6.09. The number of rotatable bonds is 3. The van der Waals surface area contributed by atoms with Crippen molar-refractivity contribution in [2.75, 3.05) is 5.32 Å². The maximum Gasteiger partial charge on any atom is 0.152 e. The van der Waals surface area contributed by atoms with Crippen molar-refractivity contribution in [1.82, 2.24) is 14.8 Å². The highest BCUT2D eigenvalue weighted by molar-refractivity contribution is 14.1. The number of benzene rings is 1. The number of nitrogens with one attached hydrogen (secondary N) is 1. The summed E-state index contributed by atoms with van der Waals surface area (Å²) in [6.45, 7) is 2.64. The minimum absolute atomic E-state index is 0.692. The Balaban J connectivity index is 2.02. The fourth-order valence-electron chi connectivity index (χ4n) is 1.35. The van der Waals surface area contributed by atoms with E-state index in [4.69, 9.17) is 0 Å². The second-order valence-electron chi connectivity index (χ2n) is 3.58. The molecule has 1 N–H and O–H groups in total. The summed E-state index contributed by atoms with van der Waals surface area (Å²) in [5.41, 5.74) is 1.10.